The lowest BCUT2D eigenvalue weighted by molar-refractivity contribution is 0.472. The Morgan fingerprint density at radius 3 is 2.32 bits per heavy atom. The van der Waals surface area contributed by atoms with E-state index >= 15 is 0 Å². The number of unbranched alkanes of at least 4 members (excludes halogenated alkanes) is 1. The minimum absolute atomic E-state index is 0.199. The molecule has 0 spiro atoms. The normalized spacial score (nSPS) is 14.2. The van der Waals surface area contributed by atoms with Crippen molar-refractivity contribution in [3.8, 4) is 0 Å². The summed E-state index contributed by atoms with van der Waals surface area (Å²) in [4.78, 5) is 1.57. The van der Waals surface area contributed by atoms with Crippen LogP contribution in [0.25, 0.3) is 0 Å². The summed E-state index contributed by atoms with van der Waals surface area (Å²) in [6.45, 7) is 23.1. The number of hydrogen-bond donors (Lipinski definition) is 1. The summed E-state index contributed by atoms with van der Waals surface area (Å²) in [6.07, 6.45) is 7.12. The zero-order chi connectivity index (χ0) is 19.3. The minimum Gasteiger partial charge on any atom is -0.309 e. The van der Waals surface area contributed by atoms with Crippen LogP contribution in [0.5, 0.6) is 0 Å². The van der Waals surface area contributed by atoms with E-state index < -0.39 is 0 Å². The highest BCUT2D eigenvalue weighted by Crippen LogP contribution is 2.29. The summed E-state index contributed by atoms with van der Waals surface area (Å²) in [5.41, 5.74) is 2.87. The van der Waals surface area contributed by atoms with Gasteiger partial charge in [-0.1, -0.05) is 77.6 Å². The Bertz CT molecular complexity index is 420. The number of rotatable bonds is 14. The molecule has 25 heavy (non-hydrogen) atoms. The van der Waals surface area contributed by atoms with Gasteiger partial charge in [0, 0.05) is 11.8 Å². The van der Waals surface area contributed by atoms with Gasteiger partial charge in [-0.3, -0.25) is 0 Å². The fourth-order valence-electron chi connectivity index (χ4n) is 2.48. The van der Waals surface area contributed by atoms with Gasteiger partial charge in [-0.2, -0.15) is 0 Å². The largest absolute Gasteiger partial charge is 0.309 e. The Kier molecular flexibility index (Phi) is 14.0. The fraction of sp³-hybridized carbons (Fsp3) is 0.727. The van der Waals surface area contributed by atoms with Crippen LogP contribution in [0, 0.1) is 5.41 Å². The molecule has 2 unspecified atom stereocenters. The summed E-state index contributed by atoms with van der Waals surface area (Å²) < 4.78 is 0. The molecule has 1 N–H and O–H groups in total. The standard InChI is InChI=1S/C22H42NPS/c1-9-11-13-20(16-24-8)25-17-21(18(3)12-10-2)23-15-14-19(4)22(5,6)7/h16,21,23-24H,3-4,9-15,17H2,1-2,5-8H3/b20-16+. The average molecular weight is 384 g/mol. The van der Waals surface area contributed by atoms with Crippen LogP contribution in [0.4, 0.5) is 0 Å². The van der Waals surface area contributed by atoms with Crippen LogP contribution in [0.15, 0.2) is 35.0 Å². The van der Waals surface area contributed by atoms with Crippen molar-refractivity contribution in [3.63, 3.8) is 0 Å². The van der Waals surface area contributed by atoms with Gasteiger partial charge in [0.1, 0.15) is 0 Å². The highest BCUT2D eigenvalue weighted by atomic mass is 32.2. The summed E-state index contributed by atoms with van der Waals surface area (Å²) in [5, 5.41) is 3.75. The molecule has 2 atom stereocenters. The number of nitrogens with one attached hydrogen (secondary N) is 1. The molecule has 0 aromatic rings. The molecule has 0 radical (unpaired) electrons. The van der Waals surface area contributed by atoms with E-state index in [1.807, 2.05) is 11.8 Å². The topological polar surface area (TPSA) is 12.0 Å². The first-order valence-corrected chi connectivity index (χ1v) is 12.4. The lowest BCUT2D eigenvalue weighted by Gasteiger charge is -2.25. The molecule has 0 amide bonds. The van der Waals surface area contributed by atoms with E-state index in [0.717, 1.165) is 33.7 Å². The van der Waals surface area contributed by atoms with Crippen LogP contribution < -0.4 is 5.32 Å². The van der Waals surface area contributed by atoms with Crippen LogP contribution in [-0.4, -0.2) is 25.0 Å². The summed E-state index contributed by atoms with van der Waals surface area (Å²) in [5.74, 6) is 3.53. The molecule has 1 nitrogen and oxygen atoms in total. The van der Waals surface area contributed by atoms with Gasteiger partial charge in [0.15, 0.2) is 0 Å². The second-order valence-corrected chi connectivity index (χ2v) is 9.84. The van der Waals surface area contributed by atoms with Gasteiger partial charge in [-0.05, 0) is 49.2 Å². The molecule has 0 aliphatic carbocycles. The van der Waals surface area contributed by atoms with Gasteiger partial charge in [0.25, 0.3) is 0 Å². The highest BCUT2D eigenvalue weighted by Gasteiger charge is 2.16. The maximum atomic E-state index is 4.36. The van der Waals surface area contributed by atoms with E-state index in [9.17, 15) is 0 Å². The van der Waals surface area contributed by atoms with Crippen molar-refractivity contribution in [1.29, 1.82) is 0 Å². The molecule has 0 aliphatic rings. The molecule has 146 valence electrons. The lowest BCUT2D eigenvalue weighted by Crippen LogP contribution is -2.34. The van der Waals surface area contributed by atoms with Crippen LogP contribution in [0.3, 0.4) is 0 Å². The third kappa shape index (κ3) is 12.1. The molecule has 0 saturated heterocycles. The zero-order valence-electron chi connectivity index (χ0n) is 17.6. The Hall–Kier alpha value is -0.0400. The number of thioether (sulfide) groups is 1. The van der Waals surface area contributed by atoms with E-state index in [1.54, 1.807) is 4.91 Å². The van der Waals surface area contributed by atoms with Crippen molar-refractivity contribution < 1.29 is 0 Å². The molecule has 0 saturated carbocycles. The lowest BCUT2D eigenvalue weighted by atomic mass is 9.86. The Balaban J connectivity index is 4.64. The quantitative estimate of drug-likeness (QED) is 0.248. The highest BCUT2D eigenvalue weighted by molar-refractivity contribution is 8.03. The Morgan fingerprint density at radius 2 is 1.80 bits per heavy atom. The van der Waals surface area contributed by atoms with Gasteiger partial charge in [-0.15, -0.1) is 20.3 Å². The van der Waals surface area contributed by atoms with E-state index in [2.05, 4.69) is 65.6 Å². The summed E-state index contributed by atoms with van der Waals surface area (Å²) in [7, 11) is 0.901. The van der Waals surface area contributed by atoms with Crippen LogP contribution >= 0.6 is 20.3 Å². The third-order valence-electron chi connectivity index (χ3n) is 4.46. The average Bonchev–Trinajstić information content (AvgIpc) is 2.54. The maximum absolute atomic E-state index is 4.36. The van der Waals surface area contributed by atoms with Crippen molar-refractivity contribution in [1.82, 2.24) is 5.32 Å². The second kappa shape index (κ2) is 14.1. The molecule has 0 bridgehead atoms. The smallest absolute Gasteiger partial charge is 0.0371 e. The van der Waals surface area contributed by atoms with Gasteiger partial charge in [0.05, 0.1) is 0 Å². The number of allylic oxidation sites excluding steroid dienone is 1. The molecular formula is C22H42NPS. The van der Waals surface area contributed by atoms with Crippen molar-refractivity contribution in [2.75, 3.05) is 19.0 Å². The second-order valence-electron chi connectivity index (χ2n) is 7.83. The van der Waals surface area contributed by atoms with E-state index in [1.165, 1.54) is 36.8 Å². The first-order valence-electron chi connectivity index (χ1n) is 9.84. The minimum atomic E-state index is 0.199. The predicted octanol–water partition coefficient (Wildman–Crippen LogP) is 7.37. The van der Waals surface area contributed by atoms with Gasteiger partial charge >= 0.3 is 0 Å². The van der Waals surface area contributed by atoms with Crippen LogP contribution in [0.2, 0.25) is 0 Å². The molecule has 0 aromatic heterocycles. The third-order valence-corrected chi connectivity index (χ3v) is 6.50. The Labute approximate surface area is 164 Å². The Morgan fingerprint density at radius 1 is 1.12 bits per heavy atom. The molecular weight excluding hydrogens is 341 g/mol. The monoisotopic (exact) mass is 383 g/mol. The fourth-order valence-corrected chi connectivity index (χ4v) is 4.65. The van der Waals surface area contributed by atoms with Crippen LogP contribution in [0.1, 0.15) is 73.1 Å². The van der Waals surface area contributed by atoms with E-state index in [-0.39, 0.29) is 5.41 Å². The van der Waals surface area contributed by atoms with Gasteiger partial charge in [-0.25, -0.2) is 0 Å². The van der Waals surface area contributed by atoms with Crippen molar-refractivity contribution in [2.45, 2.75) is 79.2 Å². The van der Waals surface area contributed by atoms with Crippen molar-refractivity contribution in [3.05, 3.63) is 35.0 Å². The molecule has 3 heteroatoms. The first kappa shape index (κ1) is 25.0. The first-order chi connectivity index (χ1) is 11.8. The SMILES string of the molecule is C=C(CCC)C(CS/C(=C/PC)CCCC)NCCC(=C)C(C)(C)C. The summed E-state index contributed by atoms with van der Waals surface area (Å²) >= 11 is 2.04. The van der Waals surface area contributed by atoms with E-state index in [0.29, 0.717) is 6.04 Å². The zero-order valence-corrected chi connectivity index (χ0v) is 19.5. The molecule has 0 fully saturated rings. The summed E-state index contributed by atoms with van der Waals surface area (Å²) in [6, 6.07) is 0.405. The molecule has 0 aliphatic heterocycles. The molecule has 0 aromatic carbocycles. The van der Waals surface area contributed by atoms with Crippen molar-refractivity contribution in [2.24, 2.45) is 5.41 Å². The maximum Gasteiger partial charge on any atom is 0.0371 e. The molecule has 0 rings (SSSR count). The van der Waals surface area contributed by atoms with Gasteiger partial charge in [0.2, 0.25) is 0 Å². The van der Waals surface area contributed by atoms with Crippen LogP contribution in [-0.2, 0) is 0 Å². The number of hydrogen-bond acceptors (Lipinski definition) is 2. The molecule has 0 heterocycles. The predicted molar refractivity (Wildman–Crippen MR) is 123 cm³/mol. The van der Waals surface area contributed by atoms with E-state index in [4.69, 9.17) is 0 Å². The van der Waals surface area contributed by atoms with Gasteiger partial charge < -0.3 is 5.32 Å². The van der Waals surface area contributed by atoms with Crippen molar-refractivity contribution >= 4 is 20.3 Å².